The number of para-hydroxylation sites is 2. The van der Waals surface area contributed by atoms with Gasteiger partial charge in [-0.2, -0.15) is 0 Å². The van der Waals surface area contributed by atoms with Crippen molar-refractivity contribution < 1.29 is 0 Å². The van der Waals surface area contributed by atoms with E-state index in [-0.39, 0.29) is 0 Å². The molecule has 1 aliphatic heterocycles. The summed E-state index contributed by atoms with van der Waals surface area (Å²) in [4.78, 5) is 8.84. The summed E-state index contributed by atoms with van der Waals surface area (Å²) in [5.74, 6) is 0.680. The maximum Gasteiger partial charge on any atom is 0.172 e. The van der Waals surface area contributed by atoms with Crippen molar-refractivity contribution in [1.29, 1.82) is 0 Å². The van der Waals surface area contributed by atoms with E-state index in [0.29, 0.717) is 17.0 Å². The van der Waals surface area contributed by atoms with Crippen LogP contribution >= 0.6 is 11.6 Å². The molecule has 0 saturated carbocycles. The molecule has 2 aromatic rings. The number of rotatable bonds is 2. The van der Waals surface area contributed by atoms with E-state index in [1.165, 1.54) is 0 Å². The van der Waals surface area contributed by atoms with E-state index in [0.717, 1.165) is 30.5 Å². The molecular formula is C12H13ClN4. The van der Waals surface area contributed by atoms with Crippen LogP contribution in [0.4, 0.5) is 5.82 Å². The van der Waals surface area contributed by atoms with Gasteiger partial charge in [-0.1, -0.05) is 23.7 Å². The average molecular weight is 249 g/mol. The molecule has 0 bridgehead atoms. The van der Waals surface area contributed by atoms with Crippen molar-refractivity contribution in [2.45, 2.75) is 12.5 Å². The molecule has 1 atom stereocenters. The minimum atomic E-state index is 0.392. The van der Waals surface area contributed by atoms with E-state index in [1.54, 1.807) is 0 Å². The summed E-state index contributed by atoms with van der Waals surface area (Å²) in [6.45, 7) is 1.99. The SMILES string of the molecule is Clc1nc2ccccc2nc1N[C@@H]1CCNC1. The molecule has 0 aliphatic carbocycles. The Balaban J connectivity index is 1.95. The fourth-order valence-corrected chi connectivity index (χ4v) is 2.23. The maximum absolute atomic E-state index is 6.13. The Morgan fingerprint density at radius 2 is 2.00 bits per heavy atom. The number of aromatic nitrogens is 2. The minimum Gasteiger partial charge on any atom is -0.363 e. The normalized spacial score (nSPS) is 19.7. The summed E-state index contributed by atoms with van der Waals surface area (Å²) in [7, 11) is 0. The van der Waals surface area contributed by atoms with E-state index >= 15 is 0 Å². The largest absolute Gasteiger partial charge is 0.363 e. The Kier molecular flexibility index (Phi) is 2.82. The number of nitrogens with one attached hydrogen (secondary N) is 2. The van der Waals surface area contributed by atoms with Crippen molar-refractivity contribution in [2.75, 3.05) is 18.4 Å². The van der Waals surface area contributed by atoms with Crippen molar-refractivity contribution in [3.05, 3.63) is 29.4 Å². The van der Waals surface area contributed by atoms with Crippen molar-refractivity contribution in [3.8, 4) is 0 Å². The topological polar surface area (TPSA) is 49.8 Å². The number of anilines is 1. The van der Waals surface area contributed by atoms with Gasteiger partial charge in [0.15, 0.2) is 11.0 Å². The Morgan fingerprint density at radius 3 is 2.71 bits per heavy atom. The van der Waals surface area contributed by atoms with Gasteiger partial charge in [-0.3, -0.25) is 0 Å². The average Bonchev–Trinajstić information content (AvgIpc) is 2.83. The van der Waals surface area contributed by atoms with Gasteiger partial charge in [0, 0.05) is 12.6 Å². The zero-order valence-electron chi connectivity index (χ0n) is 9.28. The summed E-state index contributed by atoms with van der Waals surface area (Å²) < 4.78 is 0. The van der Waals surface area contributed by atoms with Crippen molar-refractivity contribution >= 4 is 28.5 Å². The third kappa shape index (κ3) is 2.18. The fraction of sp³-hybridized carbons (Fsp3) is 0.333. The first-order chi connectivity index (χ1) is 8.33. The molecule has 0 unspecified atom stereocenters. The monoisotopic (exact) mass is 248 g/mol. The van der Waals surface area contributed by atoms with Crippen molar-refractivity contribution in [2.24, 2.45) is 0 Å². The van der Waals surface area contributed by atoms with Crippen LogP contribution < -0.4 is 10.6 Å². The van der Waals surface area contributed by atoms with E-state index in [2.05, 4.69) is 20.6 Å². The van der Waals surface area contributed by atoms with Crippen LogP contribution in [0.15, 0.2) is 24.3 Å². The van der Waals surface area contributed by atoms with Gasteiger partial charge in [-0.15, -0.1) is 0 Å². The van der Waals surface area contributed by atoms with Crippen LogP contribution in [-0.2, 0) is 0 Å². The number of hydrogen-bond donors (Lipinski definition) is 2. The number of hydrogen-bond acceptors (Lipinski definition) is 4. The van der Waals surface area contributed by atoms with Gasteiger partial charge < -0.3 is 10.6 Å². The highest BCUT2D eigenvalue weighted by Gasteiger charge is 2.16. The molecule has 1 fully saturated rings. The van der Waals surface area contributed by atoms with Gasteiger partial charge in [0.25, 0.3) is 0 Å². The maximum atomic E-state index is 6.13. The van der Waals surface area contributed by atoms with Crippen LogP contribution in [-0.4, -0.2) is 29.1 Å². The highest BCUT2D eigenvalue weighted by atomic mass is 35.5. The molecule has 5 heteroatoms. The van der Waals surface area contributed by atoms with Crippen LogP contribution in [0.3, 0.4) is 0 Å². The number of benzene rings is 1. The minimum absolute atomic E-state index is 0.392. The molecular weight excluding hydrogens is 236 g/mol. The van der Waals surface area contributed by atoms with Crippen LogP contribution in [0.1, 0.15) is 6.42 Å². The standard InChI is InChI=1S/C12H13ClN4/c13-11-12(15-8-5-6-14-7-8)17-10-4-2-1-3-9(10)16-11/h1-4,8,14H,5-7H2,(H,15,17)/t8-/m1/s1. The van der Waals surface area contributed by atoms with Gasteiger partial charge in [-0.05, 0) is 25.1 Å². The predicted molar refractivity (Wildman–Crippen MR) is 69.4 cm³/mol. The number of nitrogens with zero attached hydrogens (tertiary/aromatic N) is 2. The molecule has 1 aliphatic rings. The second-order valence-electron chi connectivity index (χ2n) is 4.19. The first-order valence-corrected chi connectivity index (χ1v) is 6.10. The van der Waals surface area contributed by atoms with Gasteiger partial charge >= 0.3 is 0 Å². The molecule has 1 saturated heterocycles. The molecule has 17 heavy (non-hydrogen) atoms. The molecule has 88 valence electrons. The Bertz CT molecular complexity index is 537. The van der Waals surface area contributed by atoms with Gasteiger partial charge in [0.2, 0.25) is 0 Å². The summed E-state index contributed by atoms with van der Waals surface area (Å²) in [5.41, 5.74) is 1.69. The quantitative estimate of drug-likeness (QED) is 0.854. The lowest BCUT2D eigenvalue weighted by Gasteiger charge is -2.13. The van der Waals surface area contributed by atoms with Gasteiger partial charge in [0.1, 0.15) is 0 Å². The summed E-state index contributed by atoms with van der Waals surface area (Å²) in [6, 6.07) is 8.13. The third-order valence-electron chi connectivity index (χ3n) is 2.93. The molecule has 0 amide bonds. The van der Waals surface area contributed by atoms with E-state index in [4.69, 9.17) is 11.6 Å². The number of halogens is 1. The van der Waals surface area contributed by atoms with E-state index in [1.807, 2.05) is 24.3 Å². The van der Waals surface area contributed by atoms with E-state index < -0.39 is 0 Å². The second kappa shape index (κ2) is 4.47. The zero-order valence-corrected chi connectivity index (χ0v) is 10.0. The molecule has 0 radical (unpaired) electrons. The molecule has 1 aromatic heterocycles. The van der Waals surface area contributed by atoms with Gasteiger partial charge in [0.05, 0.1) is 11.0 Å². The van der Waals surface area contributed by atoms with Gasteiger partial charge in [-0.25, -0.2) is 9.97 Å². The van der Waals surface area contributed by atoms with Crippen LogP contribution in [0.2, 0.25) is 5.15 Å². The lowest BCUT2D eigenvalue weighted by atomic mass is 10.2. The second-order valence-corrected chi connectivity index (χ2v) is 4.54. The first-order valence-electron chi connectivity index (χ1n) is 5.72. The summed E-state index contributed by atoms with van der Waals surface area (Å²) in [6.07, 6.45) is 1.09. The Morgan fingerprint density at radius 1 is 1.24 bits per heavy atom. The zero-order chi connectivity index (χ0) is 11.7. The lowest BCUT2D eigenvalue weighted by molar-refractivity contribution is 0.788. The van der Waals surface area contributed by atoms with Crippen molar-refractivity contribution in [1.82, 2.24) is 15.3 Å². The van der Waals surface area contributed by atoms with Crippen molar-refractivity contribution in [3.63, 3.8) is 0 Å². The predicted octanol–water partition coefficient (Wildman–Crippen LogP) is 2.06. The summed E-state index contributed by atoms with van der Waals surface area (Å²) >= 11 is 6.13. The Hall–Kier alpha value is -1.39. The highest BCUT2D eigenvalue weighted by molar-refractivity contribution is 6.32. The van der Waals surface area contributed by atoms with Crippen LogP contribution in [0, 0.1) is 0 Å². The molecule has 2 heterocycles. The smallest absolute Gasteiger partial charge is 0.172 e. The first kappa shape index (κ1) is 10.7. The van der Waals surface area contributed by atoms with Crippen LogP contribution in [0.5, 0.6) is 0 Å². The fourth-order valence-electron chi connectivity index (χ4n) is 2.04. The highest BCUT2D eigenvalue weighted by Crippen LogP contribution is 2.22. The molecule has 1 aromatic carbocycles. The lowest BCUT2D eigenvalue weighted by Crippen LogP contribution is -2.23. The molecule has 0 spiro atoms. The third-order valence-corrected chi connectivity index (χ3v) is 3.19. The Labute approximate surface area is 104 Å². The summed E-state index contributed by atoms with van der Waals surface area (Å²) in [5, 5.41) is 7.07. The molecule has 2 N–H and O–H groups in total. The molecule has 3 rings (SSSR count). The van der Waals surface area contributed by atoms with E-state index in [9.17, 15) is 0 Å². The molecule has 4 nitrogen and oxygen atoms in total. The van der Waals surface area contributed by atoms with Crippen LogP contribution in [0.25, 0.3) is 11.0 Å². The number of fused-ring (bicyclic) bond motifs is 1.